The molecule has 4 nitrogen and oxygen atoms in total. The summed E-state index contributed by atoms with van der Waals surface area (Å²) in [6.45, 7) is 0.159. The fraction of sp³-hybridized carbons (Fsp3) is 0.133. The smallest absolute Gasteiger partial charge is 0.335 e. The Balaban J connectivity index is 2.24. The molecule has 0 aliphatic carbocycles. The van der Waals surface area contributed by atoms with Crippen LogP contribution in [0.4, 0.5) is 10.1 Å². The maximum atomic E-state index is 13.8. The fourth-order valence-electron chi connectivity index (χ4n) is 1.85. The summed E-state index contributed by atoms with van der Waals surface area (Å²) in [5, 5.41) is 12.0. The first-order valence-corrected chi connectivity index (χ1v) is 6.49. The van der Waals surface area contributed by atoms with E-state index < -0.39 is 11.8 Å². The van der Waals surface area contributed by atoms with Crippen molar-refractivity contribution in [3.63, 3.8) is 0 Å². The van der Waals surface area contributed by atoms with Crippen LogP contribution in [0, 0.1) is 5.82 Å². The number of benzene rings is 2. The number of halogens is 2. The van der Waals surface area contributed by atoms with Crippen molar-refractivity contribution in [2.24, 2.45) is 0 Å². The second-order valence-corrected chi connectivity index (χ2v) is 4.69. The molecule has 0 unspecified atom stereocenters. The number of methoxy groups -OCH3 is 1. The number of carbonyl (C=O) groups is 1. The highest BCUT2D eigenvalue weighted by Crippen LogP contribution is 2.27. The number of anilines is 1. The number of rotatable bonds is 5. The van der Waals surface area contributed by atoms with Crippen LogP contribution >= 0.6 is 11.6 Å². The van der Waals surface area contributed by atoms with Gasteiger partial charge in [-0.1, -0.05) is 23.7 Å². The summed E-state index contributed by atoms with van der Waals surface area (Å²) in [5.41, 5.74) is 0.965. The van der Waals surface area contributed by atoms with Gasteiger partial charge in [0.15, 0.2) is 0 Å². The van der Waals surface area contributed by atoms with Gasteiger partial charge in [-0.25, -0.2) is 9.18 Å². The molecular formula is C15H13ClFNO3. The number of carboxylic acid groups (broad SMARTS) is 1. The molecule has 0 amide bonds. The van der Waals surface area contributed by atoms with Crippen LogP contribution in [0.15, 0.2) is 36.4 Å². The van der Waals surface area contributed by atoms with Crippen molar-refractivity contribution in [1.29, 1.82) is 0 Å². The molecule has 2 rings (SSSR count). The van der Waals surface area contributed by atoms with Crippen molar-refractivity contribution in [1.82, 2.24) is 0 Å². The molecule has 21 heavy (non-hydrogen) atoms. The fourth-order valence-corrected chi connectivity index (χ4v) is 2.05. The third-order valence-corrected chi connectivity index (χ3v) is 3.24. The van der Waals surface area contributed by atoms with E-state index >= 15 is 0 Å². The van der Waals surface area contributed by atoms with Crippen LogP contribution in [0.3, 0.4) is 0 Å². The molecule has 2 N–H and O–H groups in total. The number of nitrogens with one attached hydrogen (secondary N) is 1. The summed E-state index contributed by atoms with van der Waals surface area (Å²) in [5.74, 6) is -1.07. The normalized spacial score (nSPS) is 10.2. The van der Waals surface area contributed by atoms with Crippen LogP contribution in [-0.4, -0.2) is 18.2 Å². The first kappa shape index (κ1) is 15.1. The predicted octanol–water partition coefficient (Wildman–Crippen LogP) is 3.80. The third-order valence-electron chi connectivity index (χ3n) is 2.95. The standard InChI is InChI=1S/C15H13ClFNO3/c1-21-13-6-5-9(15(19)20)7-12(13)18-8-10-3-2-4-11(16)14(10)17/h2-7,18H,8H2,1H3,(H,19,20). The monoisotopic (exact) mass is 309 g/mol. The largest absolute Gasteiger partial charge is 0.495 e. The second kappa shape index (κ2) is 6.45. The van der Waals surface area contributed by atoms with Crippen LogP contribution in [0.5, 0.6) is 5.75 Å². The molecule has 0 fully saturated rings. The molecule has 0 atom stereocenters. The van der Waals surface area contributed by atoms with E-state index in [9.17, 15) is 9.18 Å². The molecule has 2 aromatic rings. The van der Waals surface area contributed by atoms with Gasteiger partial charge in [0.05, 0.1) is 23.4 Å². The Labute approximate surface area is 126 Å². The molecule has 2 aromatic carbocycles. The molecule has 0 radical (unpaired) electrons. The average Bonchev–Trinajstić information content (AvgIpc) is 2.48. The number of carboxylic acids is 1. The van der Waals surface area contributed by atoms with Crippen LogP contribution in [0.25, 0.3) is 0 Å². The van der Waals surface area contributed by atoms with Gasteiger partial charge >= 0.3 is 5.97 Å². The van der Waals surface area contributed by atoms with Crippen molar-refractivity contribution in [3.05, 3.63) is 58.4 Å². The van der Waals surface area contributed by atoms with E-state index in [0.717, 1.165) is 0 Å². The maximum absolute atomic E-state index is 13.8. The van der Waals surface area contributed by atoms with Gasteiger partial charge in [0.1, 0.15) is 11.6 Å². The third kappa shape index (κ3) is 3.44. The lowest BCUT2D eigenvalue weighted by atomic mass is 10.1. The topological polar surface area (TPSA) is 58.6 Å². The van der Waals surface area contributed by atoms with Crippen LogP contribution < -0.4 is 10.1 Å². The Bertz CT molecular complexity index is 676. The molecule has 0 spiro atoms. The summed E-state index contributed by atoms with van der Waals surface area (Å²) in [4.78, 5) is 11.0. The van der Waals surface area contributed by atoms with E-state index in [1.54, 1.807) is 18.2 Å². The Hall–Kier alpha value is -2.27. The lowest BCUT2D eigenvalue weighted by molar-refractivity contribution is 0.0697. The zero-order valence-corrected chi connectivity index (χ0v) is 11.9. The highest BCUT2D eigenvalue weighted by atomic mass is 35.5. The minimum Gasteiger partial charge on any atom is -0.495 e. The van der Waals surface area contributed by atoms with Gasteiger partial charge in [-0.05, 0) is 24.3 Å². The molecule has 0 aromatic heterocycles. The van der Waals surface area contributed by atoms with Gasteiger partial charge in [-0.15, -0.1) is 0 Å². The van der Waals surface area contributed by atoms with E-state index in [0.29, 0.717) is 17.0 Å². The number of hydrogen-bond acceptors (Lipinski definition) is 3. The predicted molar refractivity (Wildman–Crippen MR) is 78.7 cm³/mol. The molecule has 0 heterocycles. The summed E-state index contributed by atoms with van der Waals surface area (Å²) >= 11 is 5.72. The van der Waals surface area contributed by atoms with E-state index in [-0.39, 0.29) is 17.1 Å². The summed E-state index contributed by atoms with van der Waals surface area (Å²) in [6, 6.07) is 9.12. The minimum atomic E-state index is -1.05. The van der Waals surface area contributed by atoms with E-state index in [2.05, 4.69) is 5.32 Å². The van der Waals surface area contributed by atoms with Gasteiger partial charge in [0, 0.05) is 12.1 Å². The van der Waals surface area contributed by atoms with Crippen LogP contribution in [0.1, 0.15) is 15.9 Å². The van der Waals surface area contributed by atoms with E-state index in [1.807, 2.05) is 0 Å². The van der Waals surface area contributed by atoms with Gasteiger partial charge in [0.25, 0.3) is 0 Å². The van der Waals surface area contributed by atoms with E-state index in [1.165, 1.54) is 25.3 Å². The number of aromatic carboxylic acids is 1. The summed E-state index contributed by atoms with van der Waals surface area (Å²) < 4.78 is 18.9. The average molecular weight is 310 g/mol. The minimum absolute atomic E-state index is 0.0422. The number of ether oxygens (including phenoxy) is 1. The maximum Gasteiger partial charge on any atom is 0.335 e. The molecule has 0 saturated carbocycles. The van der Waals surface area contributed by atoms with Gasteiger partial charge in [-0.3, -0.25) is 0 Å². The zero-order valence-electron chi connectivity index (χ0n) is 11.2. The van der Waals surface area contributed by atoms with Gasteiger partial charge < -0.3 is 15.2 Å². The first-order chi connectivity index (χ1) is 10.0. The summed E-state index contributed by atoms with van der Waals surface area (Å²) in [7, 11) is 1.47. The number of hydrogen-bond donors (Lipinski definition) is 2. The Morgan fingerprint density at radius 3 is 2.81 bits per heavy atom. The molecular weight excluding hydrogens is 297 g/mol. The van der Waals surface area contributed by atoms with Crippen LogP contribution in [0.2, 0.25) is 5.02 Å². The molecule has 0 bridgehead atoms. The van der Waals surface area contributed by atoms with Crippen molar-refractivity contribution in [2.75, 3.05) is 12.4 Å². The zero-order chi connectivity index (χ0) is 15.4. The van der Waals surface area contributed by atoms with Crippen LogP contribution in [-0.2, 0) is 6.54 Å². The van der Waals surface area contributed by atoms with Crippen molar-refractivity contribution >= 4 is 23.3 Å². The first-order valence-electron chi connectivity index (χ1n) is 6.11. The van der Waals surface area contributed by atoms with Crippen molar-refractivity contribution < 1.29 is 19.0 Å². The van der Waals surface area contributed by atoms with Crippen molar-refractivity contribution in [2.45, 2.75) is 6.54 Å². The van der Waals surface area contributed by atoms with E-state index in [4.69, 9.17) is 21.4 Å². The lowest BCUT2D eigenvalue weighted by Crippen LogP contribution is -2.05. The Morgan fingerprint density at radius 1 is 1.38 bits per heavy atom. The highest BCUT2D eigenvalue weighted by Gasteiger charge is 2.10. The van der Waals surface area contributed by atoms with Gasteiger partial charge in [-0.2, -0.15) is 0 Å². The molecule has 6 heteroatoms. The van der Waals surface area contributed by atoms with Crippen molar-refractivity contribution in [3.8, 4) is 5.75 Å². The lowest BCUT2D eigenvalue weighted by Gasteiger charge is -2.12. The SMILES string of the molecule is COc1ccc(C(=O)O)cc1NCc1cccc(Cl)c1F. The molecule has 0 aliphatic heterocycles. The highest BCUT2D eigenvalue weighted by molar-refractivity contribution is 6.30. The molecule has 110 valence electrons. The quantitative estimate of drug-likeness (QED) is 0.882. The molecule has 0 saturated heterocycles. The van der Waals surface area contributed by atoms with Gasteiger partial charge in [0.2, 0.25) is 0 Å². The molecule has 0 aliphatic rings. The second-order valence-electron chi connectivity index (χ2n) is 4.29. The summed E-state index contributed by atoms with van der Waals surface area (Å²) in [6.07, 6.45) is 0. The Kier molecular flexibility index (Phi) is 4.65. The Morgan fingerprint density at radius 2 is 2.14 bits per heavy atom.